The fourth-order valence-corrected chi connectivity index (χ4v) is 3.71. The molecule has 0 atom stereocenters. The predicted octanol–water partition coefficient (Wildman–Crippen LogP) is 7.09. The van der Waals surface area contributed by atoms with Gasteiger partial charge in [0.1, 0.15) is 23.1 Å². The molecular formula is C28H29ClN2O3. The number of hydrogen-bond donors (Lipinski definition) is 1. The van der Waals surface area contributed by atoms with E-state index in [-0.39, 0.29) is 6.61 Å². The van der Waals surface area contributed by atoms with Crippen molar-refractivity contribution in [3.05, 3.63) is 89.8 Å². The van der Waals surface area contributed by atoms with Crippen molar-refractivity contribution in [1.82, 2.24) is 9.55 Å². The Morgan fingerprint density at radius 2 is 1.50 bits per heavy atom. The number of hydrogen-bond acceptors (Lipinski definition) is 4. The number of unbranched alkanes of at least 4 members (excludes halogenated alkanes) is 1. The molecule has 1 N–H and O–H groups in total. The van der Waals surface area contributed by atoms with Crippen LogP contribution in [0.1, 0.15) is 32.0 Å². The van der Waals surface area contributed by atoms with Crippen molar-refractivity contribution >= 4 is 11.6 Å². The van der Waals surface area contributed by atoms with Gasteiger partial charge in [-0.25, -0.2) is 4.98 Å². The molecule has 0 spiro atoms. The normalized spacial score (nSPS) is 10.9. The van der Waals surface area contributed by atoms with Crippen LogP contribution in [0.5, 0.6) is 17.2 Å². The van der Waals surface area contributed by atoms with E-state index in [4.69, 9.17) is 31.2 Å². The van der Waals surface area contributed by atoms with Gasteiger partial charge in [0, 0.05) is 41.9 Å². The first-order valence-electron chi connectivity index (χ1n) is 11.6. The maximum atomic E-state index is 8.91. The standard InChI is InChI=1S/C28H29ClN2O3/c1-2-3-5-28-30-27(21-6-12-24(13-7-21)33-19-4-18-32)20-31(28)23-10-16-26(17-11-23)34-25-14-8-22(29)9-15-25/h6-17,20,32H,2-5,18-19H2,1H3. The van der Waals surface area contributed by atoms with Crippen LogP contribution in [-0.2, 0) is 6.42 Å². The Labute approximate surface area is 205 Å². The summed E-state index contributed by atoms with van der Waals surface area (Å²) in [7, 11) is 0. The zero-order valence-corrected chi connectivity index (χ0v) is 20.0. The highest BCUT2D eigenvalue weighted by Gasteiger charge is 2.12. The number of aliphatic hydroxyl groups is 1. The van der Waals surface area contributed by atoms with Crippen LogP contribution in [0.2, 0.25) is 5.02 Å². The molecule has 0 radical (unpaired) electrons. The summed E-state index contributed by atoms with van der Waals surface area (Å²) < 4.78 is 13.7. The lowest BCUT2D eigenvalue weighted by atomic mass is 10.1. The van der Waals surface area contributed by atoms with Gasteiger partial charge < -0.3 is 19.1 Å². The molecule has 3 aromatic carbocycles. The molecule has 0 aliphatic carbocycles. The van der Waals surface area contributed by atoms with Crippen LogP contribution in [-0.4, -0.2) is 27.9 Å². The summed E-state index contributed by atoms with van der Waals surface area (Å²) in [5.41, 5.74) is 3.00. The Bertz CT molecular complexity index is 1170. The monoisotopic (exact) mass is 476 g/mol. The van der Waals surface area contributed by atoms with E-state index in [0.717, 1.165) is 59.3 Å². The minimum absolute atomic E-state index is 0.129. The summed E-state index contributed by atoms with van der Waals surface area (Å²) in [6.45, 7) is 2.82. The maximum Gasteiger partial charge on any atom is 0.127 e. The van der Waals surface area contributed by atoms with Gasteiger partial charge >= 0.3 is 0 Å². The van der Waals surface area contributed by atoms with Crippen molar-refractivity contribution < 1.29 is 14.6 Å². The molecule has 1 heterocycles. The van der Waals surface area contributed by atoms with Crippen molar-refractivity contribution in [2.45, 2.75) is 32.6 Å². The van der Waals surface area contributed by atoms with E-state index >= 15 is 0 Å². The summed E-state index contributed by atoms with van der Waals surface area (Å²) in [6.07, 6.45) is 5.79. The van der Waals surface area contributed by atoms with E-state index < -0.39 is 0 Å². The van der Waals surface area contributed by atoms with Crippen LogP contribution >= 0.6 is 11.6 Å². The smallest absolute Gasteiger partial charge is 0.127 e. The number of ether oxygens (including phenoxy) is 2. The molecule has 176 valence electrons. The number of aromatic nitrogens is 2. The van der Waals surface area contributed by atoms with Crippen molar-refractivity contribution in [2.24, 2.45) is 0 Å². The third kappa shape index (κ3) is 6.19. The van der Waals surface area contributed by atoms with E-state index in [2.05, 4.69) is 17.7 Å². The molecule has 0 aliphatic rings. The Morgan fingerprint density at radius 1 is 0.853 bits per heavy atom. The van der Waals surface area contributed by atoms with Crippen LogP contribution in [0, 0.1) is 0 Å². The average Bonchev–Trinajstić information content (AvgIpc) is 3.29. The van der Waals surface area contributed by atoms with Gasteiger partial charge in [-0.1, -0.05) is 24.9 Å². The second-order valence-electron chi connectivity index (χ2n) is 8.02. The van der Waals surface area contributed by atoms with Crippen LogP contribution < -0.4 is 9.47 Å². The van der Waals surface area contributed by atoms with Crippen molar-refractivity contribution in [3.8, 4) is 34.2 Å². The number of imidazole rings is 1. The fourth-order valence-electron chi connectivity index (χ4n) is 3.58. The number of benzene rings is 3. The first-order valence-corrected chi connectivity index (χ1v) is 12.0. The van der Waals surface area contributed by atoms with Gasteiger partial charge in [0.15, 0.2) is 0 Å². The molecule has 1 aromatic heterocycles. The lowest BCUT2D eigenvalue weighted by Crippen LogP contribution is -2.00. The summed E-state index contributed by atoms with van der Waals surface area (Å²) >= 11 is 5.96. The molecule has 0 aliphatic heterocycles. The molecule has 4 rings (SSSR count). The number of aliphatic hydroxyl groups excluding tert-OH is 1. The second kappa shape index (κ2) is 11.7. The van der Waals surface area contributed by atoms with Gasteiger partial charge in [0.05, 0.1) is 12.3 Å². The predicted molar refractivity (Wildman–Crippen MR) is 136 cm³/mol. The Balaban J connectivity index is 1.54. The largest absolute Gasteiger partial charge is 0.494 e. The molecule has 0 saturated carbocycles. The summed E-state index contributed by atoms with van der Waals surface area (Å²) in [4.78, 5) is 4.94. The molecule has 0 amide bonds. The zero-order valence-electron chi connectivity index (χ0n) is 19.3. The molecule has 6 heteroatoms. The Morgan fingerprint density at radius 3 is 2.15 bits per heavy atom. The van der Waals surface area contributed by atoms with Crippen molar-refractivity contribution in [3.63, 3.8) is 0 Å². The highest BCUT2D eigenvalue weighted by molar-refractivity contribution is 6.30. The SMILES string of the molecule is CCCCc1nc(-c2ccc(OCCCO)cc2)cn1-c1ccc(Oc2ccc(Cl)cc2)cc1. The summed E-state index contributed by atoms with van der Waals surface area (Å²) in [5.74, 6) is 3.33. The Hall–Kier alpha value is -3.28. The van der Waals surface area contributed by atoms with Crippen LogP contribution in [0.15, 0.2) is 79.0 Å². The highest BCUT2D eigenvalue weighted by Crippen LogP contribution is 2.27. The van der Waals surface area contributed by atoms with E-state index in [9.17, 15) is 0 Å². The maximum absolute atomic E-state index is 8.91. The molecule has 0 unspecified atom stereocenters. The number of aryl methyl sites for hydroxylation is 1. The topological polar surface area (TPSA) is 56.5 Å². The fraction of sp³-hybridized carbons (Fsp3) is 0.250. The van der Waals surface area contributed by atoms with Gasteiger partial charge in [-0.2, -0.15) is 0 Å². The summed E-state index contributed by atoms with van der Waals surface area (Å²) in [6, 6.07) is 23.3. The number of nitrogens with zero attached hydrogens (tertiary/aromatic N) is 2. The van der Waals surface area contributed by atoms with Gasteiger partial charge in [0.25, 0.3) is 0 Å². The second-order valence-corrected chi connectivity index (χ2v) is 8.45. The number of rotatable bonds is 11. The molecule has 0 saturated heterocycles. The molecule has 0 bridgehead atoms. The third-order valence-corrected chi connectivity index (χ3v) is 5.67. The zero-order chi connectivity index (χ0) is 23.8. The van der Waals surface area contributed by atoms with Gasteiger partial charge in [0.2, 0.25) is 0 Å². The molecule has 34 heavy (non-hydrogen) atoms. The van der Waals surface area contributed by atoms with Crippen molar-refractivity contribution in [2.75, 3.05) is 13.2 Å². The third-order valence-electron chi connectivity index (χ3n) is 5.42. The molecule has 4 aromatic rings. The van der Waals surface area contributed by atoms with E-state index in [0.29, 0.717) is 18.1 Å². The lowest BCUT2D eigenvalue weighted by molar-refractivity contribution is 0.233. The first-order chi connectivity index (χ1) is 16.7. The average molecular weight is 477 g/mol. The molecule has 0 fully saturated rings. The summed E-state index contributed by atoms with van der Waals surface area (Å²) in [5, 5.41) is 9.59. The first kappa shape index (κ1) is 23.9. The quantitative estimate of drug-likeness (QED) is 0.235. The van der Waals surface area contributed by atoms with Crippen molar-refractivity contribution in [1.29, 1.82) is 0 Å². The highest BCUT2D eigenvalue weighted by atomic mass is 35.5. The Kier molecular flexibility index (Phi) is 8.23. The number of halogens is 1. The van der Waals surface area contributed by atoms with Crippen LogP contribution in [0.4, 0.5) is 0 Å². The van der Waals surface area contributed by atoms with Gasteiger partial charge in [-0.3, -0.25) is 0 Å². The minimum Gasteiger partial charge on any atom is -0.494 e. The van der Waals surface area contributed by atoms with E-state index in [1.54, 1.807) is 0 Å². The van der Waals surface area contributed by atoms with Crippen LogP contribution in [0.3, 0.4) is 0 Å². The van der Waals surface area contributed by atoms with Gasteiger partial charge in [-0.15, -0.1) is 0 Å². The van der Waals surface area contributed by atoms with Crippen LogP contribution in [0.25, 0.3) is 16.9 Å². The molecular weight excluding hydrogens is 448 g/mol. The van der Waals surface area contributed by atoms with E-state index in [1.807, 2.05) is 72.8 Å². The molecule has 5 nitrogen and oxygen atoms in total. The lowest BCUT2D eigenvalue weighted by Gasteiger charge is -2.10. The minimum atomic E-state index is 0.129. The van der Waals surface area contributed by atoms with Gasteiger partial charge in [-0.05, 0) is 79.2 Å². The van der Waals surface area contributed by atoms with E-state index in [1.165, 1.54) is 0 Å².